The molecule has 0 aliphatic rings. The highest BCUT2D eigenvalue weighted by atomic mass is 32.1. The van der Waals surface area contributed by atoms with E-state index in [4.69, 9.17) is 9.97 Å². The lowest BCUT2D eigenvalue weighted by Gasteiger charge is -2.15. The second kappa shape index (κ2) is 11.2. The fourth-order valence-corrected chi connectivity index (χ4v) is 10.8. The van der Waals surface area contributed by atoms with E-state index in [-0.39, 0.29) is 0 Å². The largest absolute Gasteiger partial charge is 0.276 e. The molecule has 0 unspecified atom stereocenters. The lowest BCUT2D eigenvalue weighted by atomic mass is 9.89. The van der Waals surface area contributed by atoms with Gasteiger partial charge in [0, 0.05) is 48.0 Å². The highest BCUT2D eigenvalue weighted by molar-refractivity contribution is 7.27. The number of para-hydroxylation sites is 2. The summed E-state index contributed by atoms with van der Waals surface area (Å²) in [5.74, 6) is 0.672. The second-order valence-corrected chi connectivity index (χ2v) is 15.9. The van der Waals surface area contributed by atoms with E-state index in [1.807, 2.05) is 11.3 Å². The summed E-state index contributed by atoms with van der Waals surface area (Å²) in [7, 11) is 0. The van der Waals surface area contributed by atoms with Crippen molar-refractivity contribution in [1.29, 1.82) is 0 Å². The van der Waals surface area contributed by atoms with Crippen molar-refractivity contribution in [3.63, 3.8) is 0 Å². The molecule has 3 nitrogen and oxygen atoms in total. The summed E-state index contributed by atoms with van der Waals surface area (Å²) in [6, 6.07) is 63.9. The molecule has 0 spiro atoms. The first-order chi connectivity index (χ1) is 27.8. The molecule has 10 aromatic carbocycles. The monoisotopic (exact) mass is 727 g/mol. The van der Waals surface area contributed by atoms with E-state index in [1.165, 1.54) is 84.8 Å². The Bertz CT molecular complexity index is 3830. The number of thiophene rings is 1. The molecule has 0 fully saturated rings. The Morgan fingerprint density at radius 2 is 0.964 bits per heavy atom. The molecule has 13 aromatic rings. The maximum absolute atomic E-state index is 5.61. The van der Waals surface area contributed by atoms with Crippen LogP contribution >= 0.6 is 11.3 Å². The van der Waals surface area contributed by atoms with Gasteiger partial charge in [0.2, 0.25) is 5.95 Å². The van der Waals surface area contributed by atoms with Gasteiger partial charge < -0.3 is 0 Å². The van der Waals surface area contributed by atoms with Gasteiger partial charge in [0.15, 0.2) is 0 Å². The van der Waals surface area contributed by atoms with Gasteiger partial charge >= 0.3 is 0 Å². The van der Waals surface area contributed by atoms with Crippen LogP contribution in [0.15, 0.2) is 176 Å². The Morgan fingerprint density at radius 3 is 1.75 bits per heavy atom. The van der Waals surface area contributed by atoms with E-state index >= 15 is 0 Å². The van der Waals surface area contributed by atoms with E-state index in [0.29, 0.717) is 5.95 Å². The van der Waals surface area contributed by atoms with Crippen molar-refractivity contribution >= 4 is 118 Å². The summed E-state index contributed by atoms with van der Waals surface area (Å²) >= 11 is 1.87. The van der Waals surface area contributed by atoms with E-state index in [1.54, 1.807) is 0 Å². The standard InChI is InChI=1S/C52H29N3S/c1-2-14-33-30(13-1)25-26-31-27-28-32(29-41(31)33)49-38-19-7-10-22-42(38)53-52(54-49)55-43-23-11-8-20-39(43)47-45-36-17-5-3-15-34(36)35-16-4-6-18-37(35)46(45)48-40-21-9-12-24-44(40)56-51(48)50(47)55/h1-29H. The molecular formula is C52H29N3S. The molecule has 0 aliphatic heterocycles. The molecule has 0 radical (unpaired) electrons. The highest BCUT2D eigenvalue weighted by Crippen LogP contribution is 2.51. The third-order valence-electron chi connectivity index (χ3n) is 11.9. The molecule has 0 amide bonds. The van der Waals surface area contributed by atoms with E-state index in [2.05, 4.69) is 180 Å². The van der Waals surface area contributed by atoms with Gasteiger partial charge in [0.1, 0.15) is 0 Å². The maximum Gasteiger partial charge on any atom is 0.235 e. The van der Waals surface area contributed by atoms with Gasteiger partial charge in [-0.2, -0.15) is 0 Å². The molecule has 4 heteroatoms. The van der Waals surface area contributed by atoms with E-state index < -0.39 is 0 Å². The van der Waals surface area contributed by atoms with Crippen LogP contribution in [0.2, 0.25) is 0 Å². The first-order valence-electron chi connectivity index (χ1n) is 19.1. The lowest BCUT2D eigenvalue weighted by molar-refractivity contribution is 1.02. The summed E-state index contributed by atoms with van der Waals surface area (Å²) < 4.78 is 4.88. The van der Waals surface area contributed by atoms with Gasteiger partial charge in [-0.25, -0.2) is 9.97 Å². The Labute approximate surface area is 324 Å². The normalized spacial score (nSPS) is 12.3. The summed E-state index contributed by atoms with van der Waals surface area (Å²) in [5, 5.41) is 18.6. The first kappa shape index (κ1) is 30.2. The van der Waals surface area contributed by atoms with Crippen molar-refractivity contribution in [3.8, 4) is 17.2 Å². The summed E-state index contributed by atoms with van der Waals surface area (Å²) in [6.07, 6.45) is 0. The number of fused-ring (bicyclic) bond motifs is 19. The van der Waals surface area contributed by atoms with Gasteiger partial charge in [-0.15, -0.1) is 11.3 Å². The number of nitrogens with zero attached hydrogens (tertiary/aromatic N) is 3. The minimum absolute atomic E-state index is 0.672. The minimum Gasteiger partial charge on any atom is -0.276 e. The predicted octanol–water partition coefficient (Wildman–Crippen LogP) is 14.5. The zero-order valence-electron chi connectivity index (χ0n) is 30.0. The summed E-state index contributed by atoms with van der Waals surface area (Å²) in [6.45, 7) is 0. The fourth-order valence-electron chi connectivity index (χ4n) is 9.57. The quantitative estimate of drug-likeness (QED) is 0.166. The van der Waals surface area contributed by atoms with Gasteiger partial charge in [-0.1, -0.05) is 152 Å². The number of rotatable bonds is 2. The number of benzene rings is 10. The smallest absolute Gasteiger partial charge is 0.235 e. The molecular weight excluding hydrogens is 699 g/mol. The molecule has 0 bridgehead atoms. The highest BCUT2D eigenvalue weighted by Gasteiger charge is 2.26. The number of aromatic nitrogens is 3. The van der Waals surface area contributed by atoms with Crippen molar-refractivity contribution in [1.82, 2.24) is 14.5 Å². The Kier molecular flexibility index (Phi) is 6.04. The van der Waals surface area contributed by atoms with Crippen LogP contribution in [0.3, 0.4) is 0 Å². The molecule has 0 saturated heterocycles. The second-order valence-electron chi connectivity index (χ2n) is 14.8. The number of hydrogen-bond acceptors (Lipinski definition) is 3. The van der Waals surface area contributed by atoms with Crippen molar-refractivity contribution in [3.05, 3.63) is 176 Å². The molecule has 0 N–H and O–H groups in total. The molecule has 3 aromatic heterocycles. The number of hydrogen-bond donors (Lipinski definition) is 0. The minimum atomic E-state index is 0.672. The van der Waals surface area contributed by atoms with Crippen molar-refractivity contribution in [2.75, 3.05) is 0 Å². The van der Waals surface area contributed by atoms with Crippen LogP contribution in [0.4, 0.5) is 0 Å². The molecule has 3 heterocycles. The summed E-state index contributed by atoms with van der Waals surface area (Å²) in [5.41, 5.74) is 5.17. The first-order valence-corrected chi connectivity index (χ1v) is 19.9. The van der Waals surface area contributed by atoms with E-state index in [0.717, 1.165) is 33.2 Å². The Hall–Kier alpha value is -7.14. The van der Waals surface area contributed by atoms with Gasteiger partial charge in [0.25, 0.3) is 0 Å². The summed E-state index contributed by atoms with van der Waals surface area (Å²) in [4.78, 5) is 11.0. The zero-order chi connectivity index (χ0) is 36.5. The van der Waals surface area contributed by atoms with Crippen molar-refractivity contribution < 1.29 is 0 Å². The van der Waals surface area contributed by atoms with Crippen LogP contribution in [-0.2, 0) is 0 Å². The van der Waals surface area contributed by atoms with E-state index in [9.17, 15) is 0 Å². The zero-order valence-corrected chi connectivity index (χ0v) is 30.8. The average molecular weight is 728 g/mol. The Balaban J connectivity index is 1.24. The Morgan fingerprint density at radius 1 is 0.393 bits per heavy atom. The van der Waals surface area contributed by atoms with Crippen molar-refractivity contribution in [2.24, 2.45) is 0 Å². The molecule has 258 valence electrons. The van der Waals surface area contributed by atoms with Crippen LogP contribution < -0.4 is 0 Å². The van der Waals surface area contributed by atoms with Gasteiger partial charge in [-0.3, -0.25) is 4.57 Å². The van der Waals surface area contributed by atoms with Crippen molar-refractivity contribution in [2.45, 2.75) is 0 Å². The van der Waals surface area contributed by atoms with Gasteiger partial charge in [0.05, 0.1) is 26.9 Å². The topological polar surface area (TPSA) is 30.7 Å². The molecule has 0 saturated carbocycles. The molecule has 0 aliphatic carbocycles. The van der Waals surface area contributed by atoms with Crippen LogP contribution in [0.25, 0.3) is 124 Å². The lowest BCUT2D eigenvalue weighted by Crippen LogP contribution is -2.03. The fraction of sp³-hybridized carbons (Fsp3) is 0. The molecule has 13 rings (SSSR count). The van der Waals surface area contributed by atoms with Crippen LogP contribution in [0.1, 0.15) is 0 Å². The van der Waals surface area contributed by atoms with Gasteiger partial charge in [-0.05, 0) is 67.4 Å². The maximum atomic E-state index is 5.61. The average Bonchev–Trinajstić information content (AvgIpc) is 3.82. The van der Waals surface area contributed by atoms with Crippen LogP contribution in [-0.4, -0.2) is 14.5 Å². The molecule has 0 atom stereocenters. The third-order valence-corrected chi connectivity index (χ3v) is 13.1. The predicted molar refractivity (Wildman–Crippen MR) is 240 cm³/mol. The molecule has 56 heavy (non-hydrogen) atoms. The SMILES string of the molecule is c1ccc2c(c1)ccc1ccc(-c3nc(-n4c5ccccc5c5c6c7ccccc7c7ccccc7c6c6c7ccccc7sc6c54)nc4ccccc34)cc12. The van der Waals surface area contributed by atoms with Crippen LogP contribution in [0, 0.1) is 0 Å². The third kappa shape index (κ3) is 4.01. The van der Waals surface area contributed by atoms with Crippen LogP contribution in [0.5, 0.6) is 0 Å².